The molecule has 0 amide bonds. The number of aromatic nitrogens is 1. The van der Waals surface area contributed by atoms with Crippen LogP contribution in [0.1, 0.15) is 24.6 Å². The summed E-state index contributed by atoms with van der Waals surface area (Å²) in [6, 6.07) is 1.19. The van der Waals surface area contributed by atoms with Crippen LogP contribution >= 0.6 is 0 Å². The van der Waals surface area contributed by atoms with Crippen LogP contribution in [0.15, 0.2) is 6.07 Å². The first-order chi connectivity index (χ1) is 8.49. The fourth-order valence-corrected chi connectivity index (χ4v) is 1.49. The molecule has 100 valence electrons. The van der Waals surface area contributed by atoms with Gasteiger partial charge in [0.15, 0.2) is 0 Å². The summed E-state index contributed by atoms with van der Waals surface area (Å²) < 4.78 is 35.4. The molecule has 1 aromatic heterocycles. The van der Waals surface area contributed by atoms with Crippen molar-refractivity contribution in [1.29, 1.82) is 0 Å². The number of nitrogen functional groups attached to an aromatic ring is 1. The van der Waals surface area contributed by atoms with Crippen molar-refractivity contribution in [3.8, 4) is 5.75 Å². The Kier molecular flexibility index (Phi) is 4.82. The van der Waals surface area contributed by atoms with Crippen molar-refractivity contribution in [2.45, 2.75) is 19.8 Å². The number of nitrogens with two attached hydrogens (primary N) is 1. The zero-order chi connectivity index (χ0) is 13.7. The first-order valence-electron chi connectivity index (χ1n) is 5.26. The summed E-state index contributed by atoms with van der Waals surface area (Å²) in [5, 5.41) is 0. The number of nitrogens with zero attached hydrogens (tertiary/aromatic N) is 1. The van der Waals surface area contributed by atoms with E-state index in [4.69, 9.17) is 10.5 Å². The number of methoxy groups -OCH3 is 1. The second-order valence-corrected chi connectivity index (χ2v) is 3.39. The van der Waals surface area contributed by atoms with Gasteiger partial charge in [-0.25, -0.2) is 13.8 Å². The van der Waals surface area contributed by atoms with E-state index in [1.807, 2.05) is 0 Å². The molecule has 0 bridgehead atoms. The Morgan fingerprint density at radius 3 is 2.72 bits per heavy atom. The number of rotatable bonds is 5. The maximum absolute atomic E-state index is 12.9. The van der Waals surface area contributed by atoms with Crippen LogP contribution in [-0.4, -0.2) is 24.7 Å². The van der Waals surface area contributed by atoms with Crippen molar-refractivity contribution in [2.24, 2.45) is 0 Å². The van der Waals surface area contributed by atoms with Crippen LogP contribution in [0, 0.1) is 0 Å². The lowest BCUT2D eigenvalue weighted by Crippen LogP contribution is -2.13. The van der Waals surface area contributed by atoms with E-state index in [1.54, 1.807) is 6.92 Å². The molecule has 0 aromatic carbocycles. The SMILES string of the molecule is CCOC(=O)Cc1nc(N)cc(OC)c1C(F)F. The molecule has 0 atom stereocenters. The molecule has 0 aliphatic rings. The van der Waals surface area contributed by atoms with Crippen molar-refractivity contribution >= 4 is 11.8 Å². The lowest BCUT2D eigenvalue weighted by molar-refractivity contribution is -0.142. The molecule has 1 heterocycles. The van der Waals surface area contributed by atoms with Gasteiger partial charge in [-0.05, 0) is 6.92 Å². The van der Waals surface area contributed by atoms with Crippen LogP contribution in [-0.2, 0) is 16.0 Å². The second kappa shape index (κ2) is 6.13. The third kappa shape index (κ3) is 3.28. The summed E-state index contributed by atoms with van der Waals surface area (Å²) in [6.45, 7) is 1.79. The minimum atomic E-state index is -2.81. The van der Waals surface area contributed by atoms with E-state index < -0.39 is 18.0 Å². The molecular formula is C11H14F2N2O3. The van der Waals surface area contributed by atoms with Gasteiger partial charge in [0.05, 0.1) is 31.4 Å². The monoisotopic (exact) mass is 260 g/mol. The number of carbonyl (C=O) groups is 1. The number of carbonyl (C=O) groups excluding carboxylic acids is 1. The predicted molar refractivity (Wildman–Crippen MR) is 60.5 cm³/mol. The smallest absolute Gasteiger partial charge is 0.311 e. The Bertz CT molecular complexity index is 439. The summed E-state index contributed by atoms with van der Waals surface area (Å²) in [6.07, 6.45) is -3.17. The maximum atomic E-state index is 12.9. The van der Waals surface area contributed by atoms with E-state index in [1.165, 1.54) is 13.2 Å². The lowest BCUT2D eigenvalue weighted by atomic mass is 10.1. The van der Waals surface area contributed by atoms with Gasteiger partial charge in [0, 0.05) is 6.07 Å². The highest BCUT2D eigenvalue weighted by Gasteiger charge is 2.23. The second-order valence-electron chi connectivity index (χ2n) is 3.39. The predicted octanol–water partition coefficient (Wildman–Crippen LogP) is 1.72. The summed E-state index contributed by atoms with van der Waals surface area (Å²) in [7, 11) is 1.24. The van der Waals surface area contributed by atoms with Gasteiger partial charge in [-0.15, -0.1) is 0 Å². The van der Waals surface area contributed by atoms with Gasteiger partial charge in [-0.1, -0.05) is 0 Å². The molecular weight excluding hydrogens is 246 g/mol. The fourth-order valence-electron chi connectivity index (χ4n) is 1.49. The highest BCUT2D eigenvalue weighted by atomic mass is 19.3. The normalized spacial score (nSPS) is 10.5. The number of ether oxygens (including phenoxy) is 2. The Morgan fingerprint density at radius 2 is 2.22 bits per heavy atom. The Balaban J connectivity index is 3.15. The van der Waals surface area contributed by atoms with Crippen LogP contribution in [0.4, 0.5) is 14.6 Å². The molecule has 0 fully saturated rings. The minimum Gasteiger partial charge on any atom is -0.496 e. The van der Waals surface area contributed by atoms with Crippen LogP contribution in [0.2, 0.25) is 0 Å². The van der Waals surface area contributed by atoms with E-state index in [0.717, 1.165) is 0 Å². The number of pyridine rings is 1. The Hall–Kier alpha value is -1.92. The third-order valence-corrected chi connectivity index (χ3v) is 2.17. The van der Waals surface area contributed by atoms with E-state index >= 15 is 0 Å². The standard InChI is InChI=1S/C11H14F2N2O3/c1-3-18-9(16)4-6-10(11(12)13)7(17-2)5-8(14)15-6/h5,11H,3-4H2,1-2H3,(H2,14,15). The maximum Gasteiger partial charge on any atom is 0.311 e. The first kappa shape index (κ1) is 14.1. The number of anilines is 1. The molecule has 0 spiro atoms. The quantitative estimate of drug-likeness (QED) is 0.816. The van der Waals surface area contributed by atoms with Gasteiger partial charge in [0.1, 0.15) is 11.6 Å². The zero-order valence-corrected chi connectivity index (χ0v) is 10.1. The van der Waals surface area contributed by atoms with Crippen LogP contribution < -0.4 is 10.5 Å². The van der Waals surface area contributed by atoms with Gasteiger partial charge in [-0.3, -0.25) is 4.79 Å². The molecule has 0 saturated heterocycles. The average molecular weight is 260 g/mol. The minimum absolute atomic E-state index is 0.00977. The molecule has 0 aliphatic carbocycles. The van der Waals surface area contributed by atoms with Gasteiger partial charge in [0.2, 0.25) is 0 Å². The molecule has 18 heavy (non-hydrogen) atoms. The fraction of sp³-hybridized carbons (Fsp3) is 0.455. The van der Waals surface area contributed by atoms with Crippen molar-refractivity contribution in [3.63, 3.8) is 0 Å². The van der Waals surface area contributed by atoms with Crippen LogP contribution in [0.3, 0.4) is 0 Å². The molecule has 0 aliphatic heterocycles. The molecule has 0 radical (unpaired) electrons. The van der Waals surface area contributed by atoms with Gasteiger partial charge in [-0.2, -0.15) is 0 Å². The average Bonchev–Trinajstić information content (AvgIpc) is 2.27. The molecule has 2 N–H and O–H groups in total. The molecule has 7 heteroatoms. The Morgan fingerprint density at radius 1 is 1.56 bits per heavy atom. The van der Waals surface area contributed by atoms with Crippen molar-refractivity contribution in [2.75, 3.05) is 19.5 Å². The third-order valence-electron chi connectivity index (χ3n) is 2.17. The van der Waals surface area contributed by atoms with Crippen molar-refractivity contribution in [3.05, 3.63) is 17.3 Å². The van der Waals surface area contributed by atoms with Gasteiger partial charge >= 0.3 is 5.97 Å². The number of halogens is 2. The van der Waals surface area contributed by atoms with Gasteiger partial charge < -0.3 is 15.2 Å². The molecule has 0 saturated carbocycles. The van der Waals surface area contributed by atoms with Crippen LogP contribution in [0.25, 0.3) is 0 Å². The van der Waals surface area contributed by atoms with E-state index in [9.17, 15) is 13.6 Å². The van der Waals surface area contributed by atoms with Gasteiger partial charge in [0.25, 0.3) is 6.43 Å². The Labute approximate surface area is 103 Å². The topological polar surface area (TPSA) is 74.4 Å². The number of alkyl halides is 2. The lowest BCUT2D eigenvalue weighted by Gasteiger charge is -2.13. The summed E-state index contributed by atoms with van der Waals surface area (Å²) >= 11 is 0. The summed E-state index contributed by atoms with van der Waals surface area (Å²) in [4.78, 5) is 15.1. The molecule has 5 nitrogen and oxygen atoms in total. The molecule has 1 aromatic rings. The zero-order valence-electron chi connectivity index (χ0n) is 10.1. The summed E-state index contributed by atoms with van der Waals surface area (Å²) in [5.41, 5.74) is 4.91. The van der Waals surface area contributed by atoms with Crippen molar-refractivity contribution < 1.29 is 23.0 Å². The van der Waals surface area contributed by atoms with E-state index in [-0.39, 0.29) is 30.3 Å². The highest BCUT2D eigenvalue weighted by molar-refractivity contribution is 5.73. The van der Waals surface area contributed by atoms with Crippen LogP contribution in [0.5, 0.6) is 5.75 Å². The van der Waals surface area contributed by atoms with E-state index in [0.29, 0.717) is 0 Å². The first-order valence-corrected chi connectivity index (χ1v) is 5.26. The van der Waals surface area contributed by atoms with E-state index in [2.05, 4.69) is 9.72 Å². The molecule has 0 unspecified atom stereocenters. The van der Waals surface area contributed by atoms with Crippen molar-refractivity contribution in [1.82, 2.24) is 4.98 Å². The molecule has 1 rings (SSSR count). The largest absolute Gasteiger partial charge is 0.496 e. The number of hydrogen-bond acceptors (Lipinski definition) is 5. The number of esters is 1. The number of hydrogen-bond donors (Lipinski definition) is 1. The summed E-state index contributed by atoms with van der Waals surface area (Å²) in [5.74, 6) is -0.716. The highest BCUT2D eigenvalue weighted by Crippen LogP contribution is 2.32.